The van der Waals surface area contributed by atoms with Crippen molar-refractivity contribution in [3.63, 3.8) is 0 Å². The van der Waals surface area contributed by atoms with E-state index in [0.29, 0.717) is 5.56 Å². The van der Waals surface area contributed by atoms with Gasteiger partial charge in [0.05, 0.1) is 0 Å². The van der Waals surface area contributed by atoms with Gasteiger partial charge in [-0.2, -0.15) is 0 Å². The van der Waals surface area contributed by atoms with Crippen LogP contribution in [-0.2, 0) is 0 Å². The molecule has 0 radical (unpaired) electrons. The highest BCUT2D eigenvalue weighted by Crippen LogP contribution is 2.15. The summed E-state index contributed by atoms with van der Waals surface area (Å²) in [6.45, 7) is 0. The van der Waals surface area contributed by atoms with E-state index in [0.717, 1.165) is 5.56 Å². The van der Waals surface area contributed by atoms with Crippen LogP contribution in [0.3, 0.4) is 0 Å². The van der Waals surface area contributed by atoms with Gasteiger partial charge in [-0.3, -0.25) is 0 Å². The normalized spacial score (nSPS) is 11.5. The van der Waals surface area contributed by atoms with E-state index in [1.54, 1.807) is 11.8 Å². The van der Waals surface area contributed by atoms with E-state index in [9.17, 15) is 9.50 Å². The van der Waals surface area contributed by atoms with E-state index in [2.05, 4.69) is 11.8 Å². The highest BCUT2D eigenvalue weighted by molar-refractivity contribution is 7.98. The molecule has 0 aromatic heterocycles. The Labute approximate surface area is 116 Å². The molecule has 1 nitrogen and oxygen atoms in total. The van der Waals surface area contributed by atoms with Crippen LogP contribution in [0.2, 0.25) is 0 Å². The van der Waals surface area contributed by atoms with Crippen molar-refractivity contribution >= 4 is 11.8 Å². The second-order valence-corrected chi connectivity index (χ2v) is 4.83. The second-order valence-electron chi connectivity index (χ2n) is 3.95. The summed E-state index contributed by atoms with van der Waals surface area (Å²) in [5, 5.41) is 9.87. The van der Waals surface area contributed by atoms with Gasteiger partial charge in [0.25, 0.3) is 0 Å². The summed E-state index contributed by atoms with van der Waals surface area (Å²) in [6, 6.07) is 13.5. The summed E-state index contributed by atoms with van der Waals surface area (Å²) in [7, 11) is 0. The summed E-state index contributed by atoms with van der Waals surface area (Å²) in [5.74, 6) is 5.33. The van der Waals surface area contributed by atoms with E-state index < -0.39 is 6.10 Å². The molecule has 0 saturated heterocycles. The Morgan fingerprint density at radius 1 is 1.05 bits per heavy atom. The number of hydrogen-bond acceptors (Lipinski definition) is 2. The van der Waals surface area contributed by atoms with Gasteiger partial charge in [-0.15, -0.1) is 11.8 Å². The monoisotopic (exact) mass is 272 g/mol. The molecule has 0 fully saturated rings. The van der Waals surface area contributed by atoms with Crippen molar-refractivity contribution in [3.8, 4) is 11.8 Å². The van der Waals surface area contributed by atoms with Gasteiger partial charge < -0.3 is 5.11 Å². The van der Waals surface area contributed by atoms with Crippen LogP contribution in [0, 0.1) is 17.7 Å². The van der Waals surface area contributed by atoms with Crippen molar-refractivity contribution in [3.05, 3.63) is 65.5 Å². The van der Waals surface area contributed by atoms with Crippen LogP contribution in [0.5, 0.6) is 0 Å². The second kappa shape index (κ2) is 6.42. The van der Waals surface area contributed by atoms with Crippen LogP contribution in [0.4, 0.5) is 4.39 Å². The Morgan fingerprint density at radius 2 is 1.68 bits per heavy atom. The largest absolute Gasteiger partial charge is 0.376 e. The summed E-state index contributed by atoms with van der Waals surface area (Å²) in [6.07, 6.45) is 1.11. The summed E-state index contributed by atoms with van der Waals surface area (Å²) < 4.78 is 12.8. The Morgan fingerprint density at radius 3 is 2.26 bits per heavy atom. The van der Waals surface area contributed by atoms with Gasteiger partial charge in [0.1, 0.15) is 11.9 Å². The first-order valence-corrected chi connectivity index (χ1v) is 7.00. The lowest BCUT2D eigenvalue weighted by atomic mass is 10.1. The predicted molar refractivity (Wildman–Crippen MR) is 76.5 cm³/mol. The van der Waals surface area contributed by atoms with Crippen LogP contribution in [-0.4, -0.2) is 11.4 Å². The van der Waals surface area contributed by atoms with E-state index in [1.165, 1.54) is 29.2 Å². The smallest absolute Gasteiger partial charge is 0.140 e. The van der Waals surface area contributed by atoms with Crippen molar-refractivity contribution in [2.75, 3.05) is 6.26 Å². The SMILES string of the molecule is CSc1ccc(C#C[C@H](O)c2ccc(F)cc2)cc1. The molecule has 0 heterocycles. The van der Waals surface area contributed by atoms with Crippen molar-refractivity contribution < 1.29 is 9.50 Å². The van der Waals surface area contributed by atoms with Crippen LogP contribution < -0.4 is 0 Å². The maximum atomic E-state index is 12.8. The third-order valence-electron chi connectivity index (χ3n) is 2.63. The van der Waals surface area contributed by atoms with E-state index in [1.807, 2.05) is 30.5 Å². The van der Waals surface area contributed by atoms with Gasteiger partial charge in [0.15, 0.2) is 0 Å². The number of rotatable bonds is 2. The molecule has 2 aromatic rings. The number of thioether (sulfide) groups is 1. The molecule has 0 unspecified atom stereocenters. The minimum atomic E-state index is -0.902. The van der Waals surface area contributed by atoms with Crippen LogP contribution >= 0.6 is 11.8 Å². The molecule has 0 bridgehead atoms. The number of aliphatic hydroxyl groups is 1. The third kappa shape index (κ3) is 3.85. The summed E-state index contributed by atoms with van der Waals surface area (Å²) in [4.78, 5) is 1.17. The number of aliphatic hydroxyl groups excluding tert-OH is 1. The van der Waals surface area contributed by atoms with Crippen molar-refractivity contribution in [1.29, 1.82) is 0 Å². The molecular weight excluding hydrogens is 259 g/mol. The molecule has 2 aromatic carbocycles. The lowest BCUT2D eigenvalue weighted by molar-refractivity contribution is 0.238. The quantitative estimate of drug-likeness (QED) is 0.665. The number of benzene rings is 2. The third-order valence-corrected chi connectivity index (χ3v) is 3.37. The Kier molecular flexibility index (Phi) is 4.62. The first kappa shape index (κ1) is 13.7. The predicted octanol–water partition coefficient (Wildman–Crippen LogP) is 3.63. The fraction of sp³-hybridized carbons (Fsp3) is 0.125. The fourth-order valence-electron chi connectivity index (χ4n) is 1.55. The lowest BCUT2D eigenvalue weighted by Crippen LogP contribution is -1.93. The van der Waals surface area contributed by atoms with Gasteiger partial charge in [0, 0.05) is 10.5 Å². The zero-order valence-electron chi connectivity index (χ0n) is 10.4. The molecule has 0 aliphatic heterocycles. The maximum Gasteiger partial charge on any atom is 0.140 e. The minimum Gasteiger partial charge on any atom is -0.376 e. The molecule has 19 heavy (non-hydrogen) atoms. The van der Waals surface area contributed by atoms with Crippen LogP contribution in [0.15, 0.2) is 53.4 Å². The van der Waals surface area contributed by atoms with Crippen molar-refractivity contribution in [2.24, 2.45) is 0 Å². The molecular formula is C16H13FOS. The number of hydrogen-bond donors (Lipinski definition) is 1. The van der Waals surface area contributed by atoms with Gasteiger partial charge in [-0.1, -0.05) is 24.0 Å². The Bertz CT molecular complexity index is 593. The van der Waals surface area contributed by atoms with Crippen LogP contribution in [0.25, 0.3) is 0 Å². The van der Waals surface area contributed by atoms with E-state index >= 15 is 0 Å². The lowest BCUT2D eigenvalue weighted by Gasteiger charge is -2.02. The average molecular weight is 272 g/mol. The minimum absolute atomic E-state index is 0.323. The fourth-order valence-corrected chi connectivity index (χ4v) is 1.96. The van der Waals surface area contributed by atoms with Gasteiger partial charge in [0.2, 0.25) is 0 Å². The topological polar surface area (TPSA) is 20.2 Å². The standard InChI is InChI=1S/C16H13FOS/c1-19-15-9-2-12(3-10-15)4-11-16(18)13-5-7-14(17)8-6-13/h2-3,5-10,16,18H,1H3/t16-/m0/s1. The van der Waals surface area contributed by atoms with Crippen molar-refractivity contribution in [1.82, 2.24) is 0 Å². The van der Waals surface area contributed by atoms with E-state index in [-0.39, 0.29) is 5.82 Å². The zero-order valence-corrected chi connectivity index (χ0v) is 11.2. The van der Waals surface area contributed by atoms with Crippen LogP contribution in [0.1, 0.15) is 17.2 Å². The molecule has 0 amide bonds. The molecule has 3 heteroatoms. The van der Waals surface area contributed by atoms with Gasteiger partial charge in [-0.05, 0) is 48.2 Å². The summed E-state index contributed by atoms with van der Waals surface area (Å²) in [5.41, 5.74) is 1.44. The number of halogens is 1. The highest BCUT2D eigenvalue weighted by atomic mass is 32.2. The molecule has 96 valence electrons. The zero-order chi connectivity index (χ0) is 13.7. The molecule has 0 aliphatic carbocycles. The molecule has 0 spiro atoms. The van der Waals surface area contributed by atoms with Crippen molar-refractivity contribution in [2.45, 2.75) is 11.0 Å². The molecule has 1 atom stereocenters. The van der Waals surface area contributed by atoms with Gasteiger partial charge >= 0.3 is 0 Å². The Hall–Kier alpha value is -1.76. The molecule has 1 N–H and O–H groups in total. The highest BCUT2D eigenvalue weighted by Gasteiger charge is 2.02. The van der Waals surface area contributed by atoms with Gasteiger partial charge in [-0.25, -0.2) is 4.39 Å². The summed E-state index contributed by atoms with van der Waals surface area (Å²) >= 11 is 1.67. The maximum absolute atomic E-state index is 12.8. The first-order valence-electron chi connectivity index (χ1n) is 5.78. The van der Waals surface area contributed by atoms with E-state index in [4.69, 9.17) is 0 Å². The molecule has 0 aliphatic rings. The first-order chi connectivity index (χ1) is 9.19. The molecule has 2 rings (SSSR count). The molecule has 0 saturated carbocycles. The average Bonchev–Trinajstić information content (AvgIpc) is 2.46. The Balaban J connectivity index is 2.11.